The van der Waals surface area contributed by atoms with Crippen molar-refractivity contribution < 1.29 is 19.2 Å². The number of anilines is 5. The molecule has 0 heterocycles. The van der Waals surface area contributed by atoms with Crippen molar-refractivity contribution in [3.63, 3.8) is 0 Å². The van der Waals surface area contributed by atoms with Crippen LogP contribution in [0.3, 0.4) is 0 Å². The molecule has 0 saturated heterocycles. The van der Waals surface area contributed by atoms with E-state index in [9.17, 15) is 19.2 Å². The van der Waals surface area contributed by atoms with Crippen molar-refractivity contribution in [1.82, 2.24) is 10.6 Å². The third-order valence-corrected chi connectivity index (χ3v) is 7.89. The zero-order valence-electron chi connectivity index (χ0n) is 28.7. The number of para-hydroxylation sites is 2. The molecule has 0 atom stereocenters. The molecule has 0 aromatic heterocycles. The van der Waals surface area contributed by atoms with Crippen LogP contribution in [0.2, 0.25) is 0 Å². The summed E-state index contributed by atoms with van der Waals surface area (Å²) in [6, 6.07) is 27.4. The second-order valence-corrected chi connectivity index (χ2v) is 12.1. The van der Waals surface area contributed by atoms with E-state index >= 15 is 0 Å². The van der Waals surface area contributed by atoms with Crippen molar-refractivity contribution in [1.29, 1.82) is 0 Å². The molecule has 10 nitrogen and oxygen atoms in total. The Kier molecular flexibility index (Phi) is 14.2. The van der Waals surface area contributed by atoms with Crippen molar-refractivity contribution in [3.05, 3.63) is 125 Å². The molecule has 0 bridgehead atoms. The molecule has 50 heavy (non-hydrogen) atoms. The van der Waals surface area contributed by atoms with Crippen LogP contribution >= 0.6 is 0 Å². The lowest BCUT2D eigenvalue weighted by atomic mass is 10.1. The number of nitrogens with one attached hydrogen (secondary N) is 5. The molecule has 4 aromatic carbocycles. The number of nitrogens with two attached hydrogens (primary N) is 1. The van der Waals surface area contributed by atoms with E-state index in [4.69, 9.17) is 5.73 Å². The summed E-state index contributed by atoms with van der Waals surface area (Å²) in [4.78, 5) is 49.8. The maximum absolute atomic E-state index is 12.7. The molecule has 0 aliphatic heterocycles. The van der Waals surface area contributed by atoms with E-state index in [2.05, 4.69) is 26.6 Å². The SMILES string of the molecule is Cc1ccc(C(=O)NCCC/C=C/C(=O)Nc2ccccc2Nc2ccc(N)c(NC(=O)CCCCCNC(=O)c3ccc(C)cc3)c2)cc1. The van der Waals surface area contributed by atoms with Crippen LogP contribution in [0.5, 0.6) is 0 Å². The van der Waals surface area contributed by atoms with E-state index in [-0.39, 0.29) is 23.6 Å². The highest BCUT2D eigenvalue weighted by molar-refractivity contribution is 6.02. The summed E-state index contributed by atoms with van der Waals surface area (Å²) >= 11 is 0. The molecular weight excluding hydrogens is 628 g/mol. The summed E-state index contributed by atoms with van der Waals surface area (Å²) in [5.74, 6) is -0.637. The summed E-state index contributed by atoms with van der Waals surface area (Å²) in [5, 5.41) is 14.9. The predicted octanol–water partition coefficient (Wildman–Crippen LogP) is 7.26. The second kappa shape index (κ2) is 19.2. The summed E-state index contributed by atoms with van der Waals surface area (Å²) in [6.07, 6.45) is 7.16. The summed E-state index contributed by atoms with van der Waals surface area (Å²) in [7, 11) is 0. The number of benzene rings is 4. The number of nitrogen functional groups attached to an aromatic ring is 1. The fraction of sp³-hybridized carbons (Fsp3) is 0.250. The van der Waals surface area contributed by atoms with E-state index in [0.29, 0.717) is 78.3 Å². The van der Waals surface area contributed by atoms with Crippen LogP contribution < -0.4 is 32.3 Å². The van der Waals surface area contributed by atoms with Crippen molar-refractivity contribution in [2.24, 2.45) is 0 Å². The topological polar surface area (TPSA) is 154 Å². The smallest absolute Gasteiger partial charge is 0.251 e. The lowest BCUT2D eigenvalue weighted by Crippen LogP contribution is -2.24. The summed E-state index contributed by atoms with van der Waals surface area (Å²) < 4.78 is 0. The Morgan fingerprint density at radius 3 is 1.88 bits per heavy atom. The van der Waals surface area contributed by atoms with Crippen LogP contribution in [-0.2, 0) is 9.59 Å². The minimum Gasteiger partial charge on any atom is -0.397 e. The zero-order chi connectivity index (χ0) is 35.7. The molecule has 0 aliphatic carbocycles. The van der Waals surface area contributed by atoms with Crippen LogP contribution in [0.15, 0.2) is 103 Å². The molecule has 0 unspecified atom stereocenters. The Morgan fingerprint density at radius 2 is 1.24 bits per heavy atom. The Hall–Kier alpha value is -5.90. The van der Waals surface area contributed by atoms with Gasteiger partial charge in [0.05, 0.1) is 22.7 Å². The number of hydrogen-bond donors (Lipinski definition) is 6. The molecule has 0 radical (unpaired) electrons. The molecule has 4 aromatic rings. The molecular formula is C40H46N6O4. The average molecular weight is 675 g/mol. The molecule has 0 aliphatic rings. The van der Waals surface area contributed by atoms with Gasteiger partial charge in [0.2, 0.25) is 11.8 Å². The van der Waals surface area contributed by atoms with Gasteiger partial charge in [-0.25, -0.2) is 0 Å². The molecule has 260 valence electrons. The fourth-order valence-electron chi connectivity index (χ4n) is 5.00. The van der Waals surface area contributed by atoms with Crippen LogP contribution in [0, 0.1) is 13.8 Å². The Morgan fingerprint density at radius 1 is 0.640 bits per heavy atom. The highest BCUT2D eigenvalue weighted by Crippen LogP contribution is 2.29. The zero-order valence-corrected chi connectivity index (χ0v) is 28.7. The Bertz CT molecular complexity index is 1780. The number of carbonyl (C=O) groups excluding carboxylic acids is 4. The van der Waals surface area contributed by atoms with Crippen molar-refractivity contribution in [3.8, 4) is 0 Å². The van der Waals surface area contributed by atoms with Gasteiger partial charge in [-0.05, 0) is 100 Å². The molecule has 0 spiro atoms. The van der Waals surface area contributed by atoms with Gasteiger partial charge in [-0.1, -0.05) is 60.0 Å². The first-order valence-electron chi connectivity index (χ1n) is 16.9. The predicted molar refractivity (Wildman–Crippen MR) is 202 cm³/mol. The number of allylic oxidation sites excluding steroid dienone is 1. The quantitative estimate of drug-likeness (QED) is 0.0394. The number of aryl methyl sites for hydroxylation is 2. The van der Waals surface area contributed by atoms with Gasteiger partial charge in [-0.2, -0.15) is 0 Å². The van der Waals surface area contributed by atoms with Crippen molar-refractivity contribution in [2.75, 3.05) is 34.8 Å². The van der Waals surface area contributed by atoms with Gasteiger partial charge in [0.25, 0.3) is 11.8 Å². The standard InChI is InChI=1S/C40H46N6O4/c1-28-15-19-30(20-16-28)39(49)42-25-9-3-5-13-37(47)45-35-12-8-7-11-34(35)44-32-23-24-33(41)36(27-32)46-38(48)14-6-4-10-26-43-40(50)31-21-17-29(2)18-22-31/h5,7-8,11-13,15-24,27,44H,3-4,6,9-10,14,25-26,41H2,1-2H3,(H,42,49)(H,43,50)(H,45,47)(H,46,48)/b13-5+. The van der Waals surface area contributed by atoms with Gasteiger partial charge in [-0.15, -0.1) is 0 Å². The lowest BCUT2D eigenvalue weighted by molar-refractivity contribution is -0.116. The molecule has 0 saturated carbocycles. The third kappa shape index (κ3) is 12.3. The Labute approximate surface area is 293 Å². The first-order valence-corrected chi connectivity index (χ1v) is 16.9. The maximum Gasteiger partial charge on any atom is 0.251 e. The number of rotatable bonds is 17. The molecule has 4 rings (SSSR count). The number of amides is 4. The summed E-state index contributed by atoms with van der Waals surface area (Å²) in [6.45, 7) is 5.00. The van der Waals surface area contributed by atoms with E-state index in [0.717, 1.165) is 24.0 Å². The van der Waals surface area contributed by atoms with E-state index in [1.807, 2.05) is 68.4 Å². The van der Waals surface area contributed by atoms with Crippen molar-refractivity contribution in [2.45, 2.75) is 52.4 Å². The van der Waals surface area contributed by atoms with E-state index in [1.54, 1.807) is 42.5 Å². The highest BCUT2D eigenvalue weighted by atomic mass is 16.2. The van der Waals surface area contributed by atoms with Crippen LogP contribution in [0.25, 0.3) is 0 Å². The first kappa shape index (κ1) is 36.9. The first-order chi connectivity index (χ1) is 24.2. The third-order valence-electron chi connectivity index (χ3n) is 7.89. The van der Waals surface area contributed by atoms with Gasteiger partial charge >= 0.3 is 0 Å². The van der Waals surface area contributed by atoms with Crippen LogP contribution in [0.1, 0.15) is 70.4 Å². The number of carbonyl (C=O) groups is 4. The normalized spacial score (nSPS) is 10.8. The number of unbranched alkanes of at least 4 members (excludes halogenated alkanes) is 3. The maximum atomic E-state index is 12.7. The van der Waals surface area contributed by atoms with E-state index in [1.165, 1.54) is 6.08 Å². The molecule has 10 heteroatoms. The van der Waals surface area contributed by atoms with Crippen LogP contribution in [-0.4, -0.2) is 36.7 Å². The fourth-order valence-corrected chi connectivity index (χ4v) is 5.00. The average Bonchev–Trinajstić information content (AvgIpc) is 3.10. The molecule has 7 N–H and O–H groups in total. The van der Waals surface area contributed by atoms with Gasteiger partial charge < -0.3 is 32.3 Å². The summed E-state index contributed by atoms with van der Waals surface area (Å²) in [5.41, 5.74) is 12.5. The molecule has 4 amide bonds. The monoisotopic (exact) mass is 674 g/mol. The lowest BCUT2D eigenvalue weighted by Gasteiger charge is -2.15. The van der Waals surface area contributed by atoms with Gasteiger partial charge in [0.1, 0.15) is 0 Å². The number of hydrogen-bond acceptors (Lipinski definition) is 6. The van der Waals surface area contributed by atoms with Gasteiger partial charge in [-0.3, -0.25) is 19.2 Å². The van der Waals surface area contributed by atoms with Gasteiger partial charge in [0.15, 0.2) is 0 Å². The van der Waals surface area contributed by atoms with E-state index < -0.39 is 0 Å². The highest BCUT2D eigenvalue weighted by Gasteiger charge is 2.10. The van der Waals surface area contributed by atoms with Crippen molar-refractivity contribution >= 4 is 52.1 Å². The Balaban J connectivity index is 1.18. The minimum absolute atomic E-state index is 0.0988. The van der Waals surface area contributed by atoms with Crippen LogP contribution in [0.4, 0.5) is 28.4 Å². The minimum atomic E-state index is -0.276. The second-order valence-electron chi connectivity index (χ2n) is 12.1. The largest absolute Gasteiger partial charge is 0.397 e. The van der Waals surface area contributed by atoms with Gasteiger partial charge in [0, 0.05) is 36.3 Å². The molecule has 0 fully saturated rings.